The average molecular weight is 929 g/mol. The average Bonchev–Trinajstić information content (AvgIpc) is 2.98. The molecule has 0 aliphatic carbocycles. The van der Waals surface area contributed by atoms with E-state index < -0.39 is 35.8 Å². The van der Waals surface area contributed by atoms with E-state index in [9.17, 15) is 30.6 Å². The van der Waals surface area contributed by atoms with Gasteiger partial charge in [-0.05, 0) is 41.5 Å². The van der Waals surface area contributed by atoms with Gasteiger partial charge in [-0.15, -0.1) is 0 Å². The zero-order chi connectivity index (χ0) is 35.5. The molecule has 18 nitrogen and oxygen atoms in total. The van der Waals surface area contributed by atoms with Gasteiger partial charge in [-0.2, -0.15) is 0 Å². The molecule has 0 aliphatic rings. The van der Waals surface area contributed by atoms with E-state index in [1.165, 1.54) is 127 Å². The van der Waals surface area contributed by atoms with Crippen molar-refractivity contribution in [1.29, 1.82) is 0 Å². The first-order valence-electron chi connectivity index (χ1n) is 11.6. The molecule has 0 atom stereocenters. The minimum Gasteiger partial charge on any atom is -0.807 e. The molecule has 0 fully saturated rings. The maximum absolute atomic E-state index is 10.4. The van der Waals surface area contributed by atoms with Gasteiger partial charge in [-0.25, -0.2) is 0 Å². The van der Waals surface area contributed by atoms with Crippen molar-refractivity contribution in [1.82, 2.24) is 0 Å². The van der Waals surface area contributed by atoms with Crippen LogP contribution in [0.25, 0.3) is 0 Å². The van der Waals surface area contributed by atoms with Gasteiger partial charge in [0.2, 0.25) is 0 Å². The van der Waals surface area contributed by atoms with Gasteiger partial charge in [0.25, 0.3) is 0 Å². The van der Waals surface area contributed by atoms with Crippen LogP contribution in [0.4, 0.5) is 0 Å². The maximum Gasteiger partial charge on any atom is 4.00 e. The molecule has 0 aromatic rings. The molecule has 0 N–H and O–H groups in total. The maximum atomic E-state index is 10.4. The molecule has 0 saturated carbocycles. The van der Waals surface area contributed by atoms with Gasteiger partial charge in [-0.3, -0.25) is 0 Å². The van der Waals surface area contributed by atoms with Crippen LogP contribution in [-0.4, -0.2) is 148 Å². The zero-order valence-electron chi connectivity index (χ0n) is 29.3. The van der Waals surface area contributed by atoms with E-state index in [-0.39, 0.29) is 53.5 Å². The number of methoxy groups -OCH3 is 12. The van der Waals surface area contributed by atoms with Crippen molar-refractivity contribution in [2.24, 2.45) is 0 Å². The third-order valence-corrected chi connectivity index (χ3v) is 4.45. The second-order valence-corrected chi connectivity index (χ2v) is 7.62. The van der Waals surface area contributed by atoms with Gasteiger partial charge in [-0.1, -0.05) is 0 Å². The Morgan fingerprint density at radius 3 is 0.295 bits per heavy atom. The molecule has 44 heavy (non-hydrogen) atoms. The Kier molecular flexibility index (Phi) is 49.2. The van der Waals surface area contributed by atoms with Crippen molar-refractivity contribution in [2.75, 3.05) is 85.3 Å². The van der Waals surface area contributed by atoms with Gasteiger partial charge in [0.1, 0.15) is 0 Å². The van der Waals surface area contributed by atoms with Crippen LogP contribution in [0.3, 0.4) is 0 Å². The minimum absolute atomic E-state index is 0. The largest absolute Gasteiger partial charge is 4.00 e. The Hall–Kier alpha value is 1.09. The molecular formula is C24H54O18PbZr. The molecule has 0 aliphatic heterocycles. The van der Waals surface area contributed by atoms with Gasteiger partial charge >= 0.3 is 53.5 Å². The predicted molar refractivity (Wildman–Crippen MR) is 140 cm³/mol. The summed E-state index contributed by atoms with van der Waals surface area (Å²) in [6.45, 7) is 7.79. The molecule has 0 spiro atoms. The first-order chi connectivity index (χ1) is 18.7. The van der Waals surface area contributed by atoms with Crippen LogP contribution < -0.4 is 30.6 Å². The SMILES string of the molecule is COC(C)([O-])OC.COC(C)([O-])OC.COC(C)([O-])OC.COC(C)([O-])OC.COC(C)([O-])OC.COC(C)([O-])OC.[Pb+2].[Zr+4]. The molecule has 0 heterocycles. The van der Waals surface area contributed by atoms with Crippen molar-refractivity contribution in [3.8, 4) is 0 Å². The van der Waals surface area contributed by atoms with Crippen LogP contribution in [-0.2, 0) is 83.0 Å². The summed E-state index contributed by atoms with van der Waals surface area (Å²) in [6, 6.07) is 0. The van der Waals surface area contributed by atoms with Gasteiger partial charge in [0, 0.05) is 85.3 Å². The van der Waals surface area contributed by atoms with Crippen molar-refractivity contribution >= 4 is 27.3 Å². The number of hydrogen-bond donors (Lipinski definition) is 0. The Bertz CT molecular complexity index is 407. The van der Waals surface area contributed by atoms with E-state index in [4.69, 9.17) is 0 Å². The van der Waals surface area contributed by atoms with E-state index in [0.29, 0.717) is 0 Å². The van der Waals surface area contributed by atoms with Crippen LogP contribution in [0.5, 0.6) is 0 Å². The van der Waals surface area contributed by atoms with Crippen molar-refractivity contribution in [2.45, 2.75) is 77.4 Å². The summed E-state index contributed by atoms with van der Waals surface area (Å²) < 4.78 is 51.7. The van der Waals surface area contributed by atoms with Gasteiger partial charge in [0.05, 0.1) is 35.8 Å². The monoisotopic (exact) mass is 928 g/mol. The molecule has 0 aromatic heterocycles. The fourth-order valence-corrected chi connectivity index (χ4v) is 0.500. The molecule has 0 rings (SSSR count). The molecule has 0 aromatic carbocycles. The Labute approximate surface area is 302 Å². The van der Waals surface area contributed by atoms with E-state index >= 15 is 0 Å². The van der Waals surface area contributed by atoms with E-state index in [2.05, 4.69) is 56.8 Å². The second kappa shape index (κ2) is 34.0. The van der Waals surface area contributed by atoms with E-state index in [0.717, 1.165) is 0 Å². The molecule has 266 valence electrons. The van der Waals surface area contributed by atoms with Crippen LogP contribution >= 0.6 is 0 Å². The van der Waals surface area contributed by atoms with Gasteiger partial charge < -0.3 is 87.5 Å². The number of hydrogen-bond acceptors (Lipinski definition) is 18. The fourth-order valence-electron chi connectivity index (χ4n) is 0.500. The molecule has 0 unspecified atom stereocenters. The second-order valence-electron chi connectivity index (χ2n) is 7.62. The Morgan fingerprint density at radius 2 is 0.295 bits per heavy atom. The summed E-state index contributed by atoms with van der Waals surface area (Å²) in [5.74, 6) is -10.0. The van der Waals surface area contributed by atoms with Crippen molar-refractivity contribution < 1.29 is 114 Å². The van der Waals surface area contributed by atoms with Crippen LogP contribution in [0.1, 0.15) is 41.5 Å². The van der Waals surface area contributed by atoms with Crippen molar-refractivity contribution in [3.05, 3.63) is 0 Å². The smallest absolute Gasteiger partial charge is 0.807 e. The summed E-state index contributed by atoms with van der Waals surface area (Å²) in [5.41, 5.74) is 0. The summed E-state index contributed by atoms with van der Waals surface area (Å²) in [5, 5.41) is 62.4. The standard InChI is InChI=1S/6C4H9O3.Pb.Zr/c6*1-4(5,6-2)7-3;;/h6*1-3H3;;/q6*-1;+2;+4. The first-order valence-corrected chi connectivity index (χ1v) is 11.6. The topological polar surface area (TPSA) is 249 Å². The molecule has 0 saturated heterocycles. The van der Waals surface area contributed by atoms with Crippen molar-refractivity contribution in [3.63, 3.8) is 0 Å². The molecule has 2 radical (unpaired) electrons. The molecular weight excluding hydrogens is 875 g/mol. The molecule has 0 amide bonds. The summed E-state index contributed by atoms with van der Waals surface area (Å²) >= 11 is 0. The third kappa shape index (κ3) is 55.5. The minimum atomic E-state index is -1.67. The normalized spacial score (nSPS) is 11.5. The summed E-state index contributed by atoms with van der Waals surface area (Å²) in [6.07, 6.45) is 0. The van der Waals surface area contributed by atoms with Crippen LogP contribution in [0, 0.1) is 0 Å². The third-order valence-electron chi connectivity index (χ3n) is 4.45. The van der Waals surface area contributed by atoms with Gasteiger partial charge in [0.15, 0.2) is 0 Å². The predicted octanol–water partition coefficient (Wildman–Crippen LogP) is -4.50. The first kappa shape index (κ1) is 63.7. The summed E-state index contributed by atoms with van der Waals surface area (Å²) in [4.78, 5) is 0. The number of rotatable bonds is 12. The van der Waals surface area contributed by atoms with Crippen LogP contribution in [0.15, 0.2) is 0 Å². The molecule has 0 bridgehead atoms. The fraction of sp³-hybridized carbons (Fsp3) is 1.00. The Morgan fingerprint density at radius 1 is 0.250 bits per heavy atom. The van der Waals surface area contributed by atoms with E-state index in [1.54, 1.807) is 0 Å². The molecule has 20 heteroatoms. The quantitative estimate of drug-likeness (QED) is 0.132. The number of ether oxygens (including phenoxy) is 12. The Balaban J connectivity index is -0.0000000584. The summed E-state index contributed by atoms with van der Waals surface area (Å²) in [7, 11) is 15.6. The zero-order valence-corrected chi connectivity index (χ0v) is 35.7. The van der Waals surface area contributed by atoms with E-state index in [1.807, 2.05) is 0 Å². The van der Waals surface area contributed by atoms with Crippen LogP contribution in [0.2, 0.25) is 0 Å².